The summed E-state index contributed by atoms with van der Waals surface area (Å²) in [6, 6.07) is 0. The zero-order valence-corrected chi connectivity index (χ0v) is 12.7. The van der Waals surface area contributed by atoms with Gasteiger partial charge in [0, 0.05) is 13.0 Å². The number of carbonyl (C=O) groups excluding carboxylic acids is 1. The van der Waals surface area contributed by atoms with Gasteiger partial charge in [0.2, 0.25) is 0 Å². The normalized spacial score (nSPS) is 26.6. The highest BCUT2D eigenvalue weighted by Gasteiger charge is 2.45. The van der Waals surface area contributed by atoms with E-state index in [9.17, 15) is 4.79 Å². The highest BCUT2D eigenvalue weighted by Crippen LogP contribution is 2.33. The Kier molecular flexibility index (Phi) is 7.39. The van der Waals surface area contributed by atoms with Gasteiger partial charge in [-0.1, -0.05) is 26.2 Å². The number of ether oxygens (including phenoxy) is 2. The van der Waals surface area contributed by atoms with Gasteiger partial charge in [-0.05, 0) is 33.2 Å². The lowest BCUT2D eigenvalue weighted by atomic mass is 9.98. The van der Waals surface area contributed by atoms with Gasteiger partial charge in [0.25, 0.3) is 0 Å². The van der Waals surface area contributed by atoms with E-state index in [0.717, 1.165) is 32.3 Å². The second kappa shape index (κ2) is 8.54. The summed E-state index contributed by atoms with van der Waals surface area (Å²) in [4.78, 5) is 12.0. The van der Waals surface area contributed by atoms with Gasteiger partial charge in [-0.15, -0.1) is 0 Å². The monoisotopic (exact) mass is 271 g/mol. The van der Waals surface area contributed by atoms with E-state index in [0.29, 0.717) is 6.61 Å². The Labute approximate surface area is 117 Å². The van der Waals surface area contributed by atoms with Crippen LogP contribution in [0.3, 0.4) is 0 Å². The predicted octanol–water partition coefficient (Wildman–Crippen LogP) is 2.66. The number of carbonyl (C=O) groups is 1. The zero-order chi connectivity index (χ0) is 14.1. The lowest BCUT2D eigenvalue weighted by Crippen LogP contribution is -2.49. The molecule has 1 fully saturated rings. The van der Waals surface area contributed by atoms with Crippen LogP contribution in [-0.4, -0.2) is 37.9 Å². The standard InChI is InChI=1S/C15H29NO3/c1-4-6-7-8-11-19-13-9-10-15(12-13,16-3)14(17)18-5-2/h13,16H,4-12H2,1-3H3. The summed E-state index contributed by atoms with van der Waals surface area (Å²) >= 11 is 0. The van der Waals surface area contributed by atoms with Crippen LogP contribution in [0.1, 0.15) is 58.8 Å². The minimum atomic E-state index is -0.524. The molecular weight excluding hydrogens is 242 g/mol. The summed E-state index contributed by atoms with van der Waals surface area (Å²) in [7, 11) is 1.83. The Morgan fingerprint density at radius 1 is 1.32 bits per heavy atom. The average Bonchev–Trinajstić information content (AvgIpc) is 2.84. The van der Waals surface area contributed by atoms with E-state index < -0.39 is 5.54 Å². The van der Waals surface area contributed by atoms with E-state index in [4.69, 9.17) is 9.47 Å². The SMILES string of the molecule is CCCCCCOC1CCC(NC)(C(=O)OCC)C1. The Morgan fingerprint density at radius 3 is 2.74 bits per heavy atom. The number of hydrogen-bond donors (Lipinski definition) is 1. The first-order valence-electron chi connectivity index (χ1n) is 7.66. The van der Waals surface area contributed by atoms with Crippen molar-refractivity contribution in [2.24, 2.45) is 0 Å². The van der Waals surface area contributed by atoms with Crippen LogP contribution in [0.15, 0.2) is 0 Å². The van der Waals surface area contributed by atoms with Gasteiger partial charge in [-0.2, -0.15) is 0 Å². The van der Waals surface area contributed by atoms with Crippen LogP contribution in [-0.2, 0) is 14.3 Å². The molecule has 1 saturated carbocycles. The Balaban J connectivity index is 2.32. The maximum Gasteiger partial charge on any atom is 0.326 e. The molecule has 0 radical (unpaired) electrons. The number of unbranched alkanes of at least 4 members (excludes halogenated alkanes) is 3. The van der Waals surface area contributed by atoms with Crippen LogP contribution in [0.25, 0.3) is 0 Å². The molecule has 0 aliphatic heterocycles. The number of rotatable bonds is 9. The summed E-state index contributed by atoms with van der Waals surface area (Å²) in [5.74, 6) is -0.130. The van der Waals surface area contributed by atoms with Crippen molar-refractivity contribution in [3.63, 3.8) is 0 Å². The van der Waals surface area contributed by atoms with E-state index in [1.807, 2.05) is 14.0 Å². The summed E-state index contributed by atoms with van der Waals surface area (Å²) in [6.07, 6.45) is 7.55. The summed E-state index contributed by atoms with van der Waals surface area (Å²) in [5.41, 5.74) is -0.524. The van der Waals surface area contributed by atoms with Crippen molar-refractivity contribution in [2.75, 3.05) is 20.3 Å². The third kappa shape index (κ3) is 4.77. The highest BCUT2D eigenvalue weighted by molar-refractivity contribution is 5.81. The van der Waals surface area contributed by atoms with Gasteiger partial charge in [0.05, 0.1) is 12.7 Å². The topological polar surface area (TPSA) is 47.6 Å². The van der Waals surface area contributed by atoms with Crippen LogP contribution in [0.2, 0.25) is 0 Å². The van der Waals surface area contributed by atoms with Crippen molar-refractivity contribution >= 4 is 5.97 Å². The lowest BCUT2D eigenvalue weighted by Gasteiger charge is -2.26. The van der Waals surface area contributed by atoms with E-state index >= 15 is 0 Å². The first kappa shape index (κ1) is 16.4. The van der Waals surface area contributed by atoms with Crippen molar-refractivity contribution in [2.45, 2.75) is 70.4 Å². The molecule has 2 unspecified atom stereocenters. The third-order valence-corrected chi connectivity index (χ3v) is 3.97. The van der Waals surface area contributed by atoms with Crippen molar-refractivity contribution in [1.82, 2.24) is 5.32 Å². The largest absolute Gasteiger partial charge is 0.465 e. The van der Waals surface area contributed by atoms with E-state index in [1.165, 1.54) is 19.3 Å². The van der Waals surface area contributed by atoms with Gasteiger partial charge >= 0.3 is 5.97 Å². The molecule has 1 rings (SSSR count). The lowest BCUT2D eigenvalue weighted by molar-refractivity contribution is -0.151. The van der Waals surface area contributed by atoms with Crippen LogP contribution in [0, 0.1) is 0 Å². The van der Waals surface area contributed by atoms with Crippen molar-refractivity contribution in [3.05, 3.63) is 0 Å². The van der Waals surface area contributed by atoms with Crippen molar-refractivity contribution in [1.29, 1.82) is 0 Å². The molecule has 0 aromatic heterocycles. The molecule has 0 spiro atoms. The molecule has 0 bridgehead atoms. The van der Waals surface area contributed by atoms with Crippen LogP contribution >= 0.6 is 0 Å². The molecule has 19 heavy (non-hydrogen) atoms. The molecule has 0 heterocycles. The fourth-order valence-corrected chi connectivity index (χ4v) is 2.71. The number of likely N-dealkylation sites (N-methyl/N-ethyl adjacent to an activating group) is 1. The second-order valence-corrected chi connectivity index (χ2v) is 5.35. The van der Waals surface area contributed by atoms with Gasteiger partial charge < -0.3 is 14.8 Å². The maximum absolute atomic E-state index is 12.0. The van der Waals surface area contributed by atoms with Crippen LogP contribution in [0.5, 0.6) is 0 Å². The van der Waals surface area contributed by atoms with E-state index in [-0.39, 0.29) is 12.1 Å². The van der Waals surface area contributed by atoms with Crippen molar-refractivity contribution < 1.29 is 14.3 Å². The molecule has 2 atom stereocenters. The number of esters is 1. The third-order valence-electron chi connectivity index (χ3n) is 3.97. The second-order valence-electron chi connectivity index (χ2n) is 5.35. The molecule has 1 N–H and O–H groups in total. The first-order valence-corrected chi connectivity index (χ1v) is 7.66. The Bertz CT molecular complexity index is 270. The van der Waals surface area contributed by atoms with Crippen molar-refractivity contribution in [3.8, 4) is 0 Å². The maximum atomic E-state index is 12.0. The molecule has 0 amide bonds. The fourth-order valence-electron chi connectivity index (χ4n) is 2.71. The minimum Gasteiger partial charge on any atom is -0.465 e. The Morgan fingerprint density at radius 2 is 2.11 bits per heavy atom. The summed E-state index contributed by atoms with van der Waals surface area (Å²) < 4.78 is 11.1. The molecule has 1 aliphatic carbocycles. The number of hydrogen-bond acceptors (Lipinski definition) is 4. The average molecular weight is 271 g/mol. The summed E-state index contributed by atoms with van der Waals surface area (Å²) in [6.45, 7) is 5.30. The predicted molar refractivity (Wildman–Crippen MR) is 76.2 cm³/mol. The molecule has 0 aromatic carbocycles. The minimum absolute atomic E-state index is 0.130. The molecule has 0 saturated heterocycles. The fraction of sp³-hybridized carbons (Fsp3) is 0.933. The van der Waals surface area contributed by atoms with Gasteiger partial charge in [0.15, 0.2) is 0 Å². The molecule has 4 nitrogen and oxygen atoms in total. The van der Waals surface area contributed by atoms with Gasteiger partial charge in [-0.3, -0.25) is 4.79 Å². The van der Waals surface area contributed by atoms with E-state index in [2.05, 4.69) is 12.2 Å². The van der Waals surface area contributed by atoms with Crippen LogP contribution < -0.4 is 5.32 Å². The molecular formula is C15H29NO3. The molecule has 0 aromatic rings. The highest BCUT2D eigenvalue weighted by atomic mass is 16.5. The number of nitrogens with one attached hydrogen (secondary N) is 1. The zero-order valence-electron chi connectivity index (χ0n) is 12.7. The molecule has 112 valence electrons. The first-order chi connectivity index (χ1) is 9.18. The smallest absolute Gasteiger partial charge is 0.326 e. The Hall–Kier alpha value is -0.610. The molecule has 1 aliphatic rings. The summed E-state index contributed by atoms with van der Waals surface area (Å²) in [5, 5.41) is 3.15. The van der Waals surface area contributed by atoms with E-state index in [1.54, 1.807) is 0 Å². The van der Waals surface area contributed by atoms with Crippen LogP contribution in [0.4, 0.5) is 0 Å². The van der Waals surface area contributed by atoms with Gasteiger partial charge in [0.1, 0.15) is 5.54 Å². The quantitative estimate of drug-likeness (QED) is 0.517. The molecule has 4 heteroatoms. The van der Waals surface area contributed by atoms with Gasteiger partial charge in [-0.25, -0.2) is 0 Å².